The van der Waals surface area contributed by atoms with Crippen LogP contribution in [-0.2, 0) is 99.2 Å². The first kappa shape index (κ1) is 101. The minimum Gasteiger partial charge on any atom is -0.477 e. The lowest BCUT2D eigenvalue weighted by Crippen LogP contribution is -2.71. The Morgan fingerprint density at radius 1 is 0.375 bits per heavy atom. The summed E-state index contributed by atoms with van der Waals surface area (Å²) in [6.07, 6.45) is -109. The van der Waals surface area contributed by atoms with Crippen molar-refractivity contribution in [3.8, 4) is 0 Å². The molecule has 9 aliphatic rings. The van der Waals surface area contributed by atoms with Crippen LogP contribution in [0.1, 0.15) is 12.8 Å². The molecule has 0 unspecified atom stereocenters. The normalized spacial score (nSPS) is 48.4. The Morgan fingerprint density at radius 2 is 0.792 bits per heavy atom. The van der Waals surface area contributed by atoms with E-state index < -0.39 is 392 Å². The summed E-state index contributed by atoms with van der Waals surface area (Å²) in [5.41, 5.74) is 11.8. The first-order valence-electron chi connectivity index (χ1n) is 37.0. The first-order chi connectivity index (χ1) is 56.2. The van der Waals surface area contributed by atoms with Gasteiger partial charge < -0.3 is 265 Å². The lowest BCUT2D eigenvalue weighted by atomic mass is 9.89. The van der Waals surface area contributed by atoms with Crippen LogP contribution in [0, 0.1) is 0 Å². The fourth-order valence-electron chi connectivity index (χ4n) is 14.8. The molecule has 0 aromatic heterocycles. The van der Waals surface area contributed by atoms with Gasteiger partial charge in [-0.05, 0) is 0 Å². The van der Waals surface area contributed by atoms with Gasteiger partial charge in [0, 0.05) is 12.8 Å². The van der Waals surface area contributed by atoms with E-state index in [1.807, 2.05) is 0 Å². The Labute approximate surface area is 674 Å². The number of rotatable bonds is 35. The van der Waals surface area contributed by atoms with Crippen molar-refractivity contribution >= 4 is 19.8 Å². The second-order valence-corrected chi connectivity index (χ2v) is 31.1. The number of hydrogen-bond acceptors (Lipinski definition) is 53. The monoisotopic (exact) mass is 1790 g/mol. The summed E-state index contributed by atoms with van der Waals surface area (Å²) in [5.74, 6) is -12.2. The summed E-state index contributed by atoms with van der Waals surface area (Å²) >= 11 is 0. The van der Waals surface area contributed by atoms with Crippen molar-refractivity contribution in [3.63, 3.8) is 0 Å². The molecule has 0 aromatic rings. The van der Waals surface area contributed by atoms with E-state index in [0.29, 0.717) is 0 Å². The highest BCUT2D eigenvalue weighted by Crippen LogP contribution is 2.47. The van der Waals surface area contributed by atoms with Gasteiger partial charge in [0.25, 0.3) is 11.6 Å². The van der Waals surface area contributed by atoms with E-state index in [0.717, 1.165) is 0 Å². The summed E-state index contributed by atoms with van der Waals surface area (Å²) in [4.78, 5) is 48.0. The standard InChI is InChI=1S/C62H107N2O55P/c63-23-28(80)27(79)21(106-52(23)94)10-104-53-24(64)29(81)48(119-120(99,100)101)22(108-53)11-105-61(59(95)96)2-19(116-62(60(97)98)1-12(70)25(77)45(117-62)14(72)4-66)49(47(118-61)16(74)6-68)113-58-41(93)50(51(46(112-58)15(73)5-67)115-56-39(91)30(82)26(78)20(7-69)107-56)114-57-40(92)33(85)36(88)44(111-57)18(76)9-103-55-38(90)32(84)35(87)43(110-55)17(75)8-102-54-37(89)31(83)34(86)42(109-54)13(71)3-65/h12-58,65-94H,1-11,63-64H2,(H,95,96)(H,97,98)(H2,99,100,101)/t12-,13-,14-,15+,16-,17+,18+,19-,20-,21-,22-,23-,24-,25-,26-,27-,28-,29-,30+,31+,32+,33+,34+,35+,36+,37+,38+,39-,40+,41+,42-,43-,44-,45-,46-,47-,48-,49-,50-,51-,52+,53-,54+,55+,56+,57-,58-,61-,62-/m1/s1. The van der Waals surface area contributed by atoms with Crippen LogP contribution in [0.4, 0.5) is 0 Å². The molecule has 57 nitrogen and oxygen atoms in total. The third kappa shape index (κ3) is 21.8. The fourth-order valence-corrected chi connectivity index (χ4v) is 15.3. The van der Waals surface area contributed by atoms with Crippen LogP contribution in [0.5, 0.6) is 0 Å². The van der Waals surface area contributed by atoms with Crippen LogP contribution in [0.2, 0.25) is 0 Å². The third-order valence-electron chi connectivity index (χ3n) is 21.7. The molecule has 9 fully saturated rings. The highest BCUT2D eigenvalue weighted by Gasteiger charge is 2.66. The number of phosphoric acid groups is 1. The molecule has 0 radical (unpaired) electrons. The number of phosphoric ester groups is 1. The maximum absolute atomic E-state index is 14.1. The van der Waals surface area contributed by atoms with E-state index in [1.54, 1.807) is 0 Å². The van der Waals surface area contributed by atoms with Crippen molar-refractivity contribution in [2.75, 3.05) is 59.5 Å². The molecular formula is C62H107N2O55P. The molecule has 9 rings (SSSR count). The van der Waals surface area contributed by atoms with Crippen LogP contribution in [-0.4, -0.2) is 544 Å². The smallest absolute Gasteiger partial charge is 0.470 e. The number of aliphatic hydroxyl groups is 30. The zero-order chi connectivity index (χ0) is 89.3. The van der Waals surface area contributed by atoms with Crippen LogP contribution in [0.15, 0.2) is 0 Å². The second-order valence-electron chi connectivity index (χ2n) is 29.9. The van der Waals surface area contributed by atoms with E-state index >= 15 is 0 Å². The molecule has 9 saturated heterocycles. The van der Waals surface area contributed by atoms with Crippen LogP contribution >= 0.6 is 7.82 Å². The Bertz CT molecular complexity index is 3250. The number of hydrogen-bond donors (Lipinski definition) is 36. The minimum absolute atomic E-state index is 0.951. The van der Waals surface area contributed by atoms with E-state index in [2.05, 4.69) is 0 Å². The summed E-state index contributed by atoms with van der Waals surface area (Å²) in [6, 6.07) is -3.57. The average Bonchev–Trinajstić information content (AvgIpc) is 0.741. The van der Waals surface area contributed by atoms with Gasteiger partial charge in [-0.2, -0.15) is 0 Å². The zero-order valence-corrected chi connectivity index (χ0v) is 63.2. The summed E-state index contributed by atoms with van der Waals surface area (Å²) in [5, 5.41) is 351. The van der Waals surface area contributed by atoms with Crippen molar-refractivity contribution in [1.29, 1.82) is 0 Å². The van der Waals surface area contributed by atoms with Gasteiger partial charge in [0.1, 0.15) is 220 Å². The first-order valence-corrected chi connectivity index (χ1v) is 38.6. The van der Waals surface area contributed by atoms with E-state index in [-0.39, 0.29) is 0 Å². The van der Waals surface area contributed by atoms with Crippen LogP contribution in [0.25, 0.3) is 0 Å². The highest BCUT2D eigenvalue weighted by molar-refractivity contribution is 7.46. The predicted octanol–water partition coefficient (Wildman–Crippen LogP) is -23.4. The number of ether oxygens (including phenoxy) is 17. The van der Waals surface area contributed by atoms with Gasteiger partial charge in [0.2, 0.25) is 0 Å². The quantitative estimate of drug-likeness (QED) is 0.0262. The van der Waals surface area contributed by atoms with Crippen molar-refractivity contribution in [3.05, 3.63) is 0 Å². The van der Waals surface area contributed by atoms with E-state index in [9.17, 15) is 187 Å². The maximum atomic E-state index is 14.1. The van der Waals surface area contributed by atoms with Gasteiger partial charge >= 0.3 is 19.8 Å². The largest absolute Gasteiger partial charge is 0.477 e. The Balaban J connectivity index is 1.06. The molecular weight excluding hydrogens is 1680 g/mol. The molecule has 0 amide bonds. The van der Waals surface area contributed by atoms with Gasteiger partial charge in [-0.25, -0.2) is 14.2 Å². The van der Waals surface area contributed by atoms with E-state index in [4.69, 9.17) is 96.5 Å². The predicted molar refractivity (Wildman–Crippen MR) is 358 cm³/mol. The number of aliphatic hydroxyl groups excluding tert-OH is 30. The lowest BCUT2D eigenvalue weighted by Gasteiger charge is -2.53. The molecule has 0 spiro atoms. The topological polar surface area (TPSA) is 957 Å². The van der Waals surface area contributed by atoms with Gasteiger partial charge in [-0.1, -0.05) is 0 Å². The van der Waals surface area contributed by atoms with Crippen LogP contribution in [0.3, 0.4) is 0 Å². The Kier molecular flexibility index (Phi) is 35.4. The number of nitrogens with two attached hydrogens (primary N) is 2. The summed E-state index contributed by atoms with van der Waals surface area (Å²) < 4.78 is 114. The molecule has 9 aliphatic heterocycles. The summed E-state index contributed by atoms with van der Waals surface area (Å²) in [7, 11) is -5.87. The molecule has 700 valence electrons. The second kappa shape index (κ2) is 42.1. The highest BCUT2D eigenvalue weighted by atomic mass is 31.2. The number of aliphatic carboxylic acids is 2. The zero-order valence-electron chi connectivity index (χ0n) is 62.3. The van der Waals surface area contributed by atoms with E-state index in [1.165, 1.54) is 0 Å². The Hall–Kier alpha value is -2.91. The lowest BCUT2D eigenvalue weighted by molar-refractivity contribution is -0.416. The van der Waals surface area contributed by atoms with Gasteiger partial charge in [-0.3, -0.25) is 4.52 Å². The molecule has 0 saturated carbocycles. The fraction of sp³-hybridized carbons (Fsp3) is 0.968. The number of carboxylic acid groups (broad SMARTS) is 2. The van der Waals surface area contributed by atoms with Gasteiger partial charge in [0.05, 0.1) is 83.8 Å². The maximum Gasteiger partial charge on any atom is 0.470 e. The SMILES string of the molecule is N[C@@H]1[C@@H](O)[C@H](O)[C@@H](CO[C@@H]2O[C@H](CO[C@]3(C(=O)O)C[C@@H](O[C@]4(C(=O)O)C[C@@H](O)[C@@H](O)[C@@H]([C@H](O)CO)O4)[C@@H](O[C@H]4O[C@H]([C@@H](O)CO)[C@@H](O[C@@H]5O[C@H](CO)[C@@H](O)[C@H](O)[C@H]5O)[C@H](O[C@H]5O[C@H]([C@@H](O)CO[C@H]6O[C@H]([C@@H](O)CO[C@H]7O[C@H]([C@H](O)CO)[C@@H](O)[C@H](O)[C@@H]7O)[C@@H](O)[C@H](O)[C@@H]6O)[C@@H](O)[C@H](O)[C@@H]5O)[C@@H]4O)[C@@H]([C@H](O)CO)O3)[C@@H](OP(=O)(O)O)[C@H](O)[C@H]2N)O[C@@H]1O. The summed E-state index contributed by atoms with van der Waals surface area (Å²) in [6.45, 7) is -11.8. The van der Waals surface area contributed by atoms with Gasteiger partial charge in [0.15, 0.2) is 44.0 Å². The minimum atomic E-state index is -5.87. The molecule has 0 aromatic carbocycles. The van der Waals surface area contributed by atoms with Crippen LogP contribution < -0.4 is 11.5 Å². The van der Waals surface area contributed by atoms with Crippen molar-refractivity contribution in [2.45, 2.75) is 312 Å². The van der Waals surface area contributed by atoms with Crippen molar-refractivity contribution in [1.82, 2.24) is 0 Å². The molecule has 49 atom stereocenters. The number of carbonyl (C=O) groups is 2. The van der Waals surface area contributed by atoms with Gasteiger partial charge in [-0.15, -0.1) is 0 Å². The molecule has 38 N–H and O–H groups in total. The average molecular weight is 1790 g/mol. The number of carboxylic acids is 2. The molecule has 120 heavy (non-hydrogen) atoms. The molecule has 0 bridgehead atoms. The molecule has 0 aliphatic carbocycles. The van der Waals surface area contributed by atoms with Crippen molar-refractivity contribution < 1.29 is 272 Å². The van der Waals surface area contributed by atoms with Crippen molar-refractivity contribution in [2.24, 2.45) is 11.5 Å². The molecule has 58 heteroatoms. The Morgan fingerprint density at radius 3 is 1.30 bits per heavy atom. The molecule has 9 heterocycles. The third-order valence-corrected chi connectivity index (χ3v) is 22.2.